The molecule has 1 aromatic carbocycles. The minimum absolute atomic E-state index is 0.224. The Morgan fingerprint density at radius 3 is 2.41 bits per heavy atom. The molecule has 0 aliphatic carbocycles. The van der Waals surface area contributed by atoms with Crippen molar-refractivity contribution in [2.45, 2.75) is 24.4 Å². The summed E-state index contributed by atoms with van der Waals surface area (Å²) in [5.41, 5.74) is 0.519. The van der Waals surface area contributed by atoms with Gasteiger partial charge in [0, 0.05) is 25.2 Å². The highest BCUT2D eigenvalue weighted by Gasteiger charge is 2.45. The summed E-state index contributed by atoms with van der Waals surface area (Å²) in [7, 11) is 7.46. The smallest absolute Gasteiger partial charge is 0.251 e. The molecule has 152 valence electrons. The number of ether oxygens (including phenoxy) is 2. The van der Waals surface area contributed by atoms with Crippen LogP contribution in [-0.4, -0.2) is 105 Å². The summed E-state index contributed by atoms with van der Waals surface area (Å²) in [5, 5.41) is 22.9. The van der Waals surface area contributed by atoms with Crippen LogP contribution >= 0.6 is 0 Å². The fourth-order valence-corrected chi connectivity index (χ4v) is 3.23. The van der Waals surface area contributed by atoms with Crippen molar-refractivity contribution >= 4 is 5.91 Å². The first-order valence-electron chi connectivity index (χ1n) is 9.09. The number of hydrogen-bond acceptors (Lipinski definition) is 7. The zero-order valence-electron chi connectivity index (χ0n) is 16.5. The molecule has 1 saturated heterocycles. The van der Waals surface area contributed by atoms with Gasteiger partial charge in [-0.05, 0) is 45.4 Å². The lowest BCUT2D eigenvalue weighted by molar-refractivity contribution is -0.0209. The van der Waals surface area contributed by atoms with E-state index in [0.29, 0.717) is 11.3 Å². The van der Waals surface area contributed by atoms with E-state index in [1.54, 1.807) is 31.4 Å². The van der Waals surface area contributed by atoms with Gasteiger partial charge in [-0.1, -0.05) is 0 Å². The molecule has 1 aliphatic heterocycles. The monoisotopic (exact) mass is 381 g/mol. The molecule has 8 nitrogen and oxygen atoms in total. The quantitative estimate of drug-likeness (QED) is 0.526. The lowest BCUT2D eigenvalue weighted by atomic mass is 10.0. The van der Waals surface area contributed by atoms with Gasteiger partial charge in [-0.3, -0.25) is 9.69 Å². The van der Waals surface area contributed by atoms with Crippen molar-refractivity contribution in [3.8, 4) is 5.75 Å². The van der Waals surface area contributed by atoms with E-state index in [2.05, 4.69) is 10.2 Å². The molecule has 0 bridgehead atoms. The summed E-state index contributed by atoms with van der Waals surface area (Å²) in [4.78, 5) is 16.5. The molecular weight excluding hydrogens is 350 g/mol. The van der Waals surface area contributed by atoms with Crippen LogP contribution < -0.4 is 10.1 Å². The predicted molar refractivity (Wildman–Crippen MR) is 102 cm³/mol. The third-order valence-corrected chi connectivity index (χ3v) is 4.87. The van der Waals surface area contributed by atoms with E-state index in [-0.39, 0.29) is 25.1 Å². The Bertz CT molecular complexity index is 596. The molecule has 3 N–H and O–H groups in total. The molecule has 0 unspecified atom stereocenters. The lowest BCUT2D eigenvalue weighted by Gasteiger charge is -2.31. The number of amides is 1. The zero-order chi connectivity index (χ0) is 20.0. The zero-order valence-corrected chi connectivity index (χ0v) is 16.5. The van der Waals surface area contributed by atoms with Crippen molar-refractivity contribution in [1.82, 2.24) is 15.1 Å². The van der Waals surface area contributed by atoms with E-state index in [9.17, 15) is 15.0 Å². The SMILES string of the molecule is COc1ccc(C(=O)NC[C@H]2O[C@@H](CO)[C@@H](O)[C@H]2N(C)CCN(C)C)cc1. The second-order valence-corrected chi connectivity index (χ2v) is 7.10. The summed E-state index contributed by atoms with van der Waals surface area (Å²) >= 11 is 0. The van der Waals surface area contributed by atoms with Crippen molar-refractivity contribution in [2.24, 2.45) is 0 Å². The molecule has 1 aliphatic rings. The van der Waals surface area contributed by atoms with Gasteiger partial charge in [-0.25, -0.2) is 0 Å². The number of likely N-dealkylation sites (N-methyl/N-ethyl adjacent to an activating group) is 2. The molecular formula is C19H31N3O5. The van der Waals surface area contributed by atoms with Crippen LogP contribution in [0.5, 0.6) is 5.75 Å². The molecule has 1 heterocycles. The highest BCUT2D eigenvalue weighted by atomic mass is 16.5. The van der Waals surface area contributed by atoms with Crippen LogP contribution in [0.1, 0.15) is 10.4 Å². The maximum absolute atomic E-state index is 12.4. The Morgan fingerprint density at radius 1 is 1.19 bits per heavy atom. The Balaban J connectivity index is 1.99. The lowest BCUT2D eigenvalue weighted by Crippen LogP contribution is -2.51. The number of hydrogen-bond donors (Lipinski definition) is 3. The van der Waals surface area contributed by atoms with Crippen LogP contribution in [-0.2, 0) is 4.74 Å². The standard InChI is InChI=1S/C19H31N3O5/c1-21(2)9-10-22(3)17-15(27-16(12-23)18(17)24)11-20-19(25)13-5-7-14(26-4)8-6-13/h5-8,15-18,23-24H,9-12H2,1-4H3,(H,20,25)/t15-,16+,17+,18-/m1/s1. The third-order valence-electron chi connectivity index (χ3n) is 4.87. The summed E-state index contributed by atoms with van der Waals surface area (Å²) in [6.45, 7) is 1.55. The minimum atomic E-state index is -0.815. The summed E-state index contributed by atoms with van der Waals surface area (Å²) in [6, 6.07) is 6.53. The fraction of sp³-hybridized carbons (Fsp3) is 0.632. The number of rotatable bonds is 9. The number of aliphatic hydroxyl groups excluding tert-OH is 2. The molecule has 0 radical (unpaired) electrons. The molecule has 2 rings (SSSR count). The molecule has 1 fully saturated rings. The number of benzene rings is 1. The molecule has 0 aromatic heterocycles. The van der Waals surface area contributed by atoms with Gasteiger partial charge in [-0.15, -0.1) is 0 Å². The molecule has 27 heavy (non-hydrogen) atoms. The van der Waals surface area contributed by atoms with Gasteiger partial charge in [0.15, 0.2) is 0 Å². The average Bonchev–Trinajstić information content (AvgIpc) is 2.99. The van der Waals surface area contributed by atoms with Gasteiger partial charge < -0.3 is 29.9 Å². The van der Waals surface area contributed by atoms with Gasteiger partial charge in [0.25, 0.3) is 5.91 Å². The van der Waals surface area contributed by atoms with Crippen molar-refractivity contribution in [1.29, 1.82) is 0 Å². The topological polar surface area (TPSA) is 94.5 Å². The number of aliphatic hydroxyl groups is 2. The largest absolute Gasteiger partial charge is 0.497 e. The average molecular weight is 381 g/mol. The van der Waals surface area contributed by atoms with Gasteiger partial charge in [-0.2, -0.15) is 0 Å². The van der Waals surface area contributed by atoms with Crippen LogP contribution in [0, 0.1) is 0 Å². The van der Waals surface area contributed by atoms with Gasteiger partial charge in [0.05, 0.1) is 25.9 Å². The summed E-state index contributed by atoms with van der Waals surface area (Å²) < 4.78 is 10.9. The van der Waals surface area contributed by atoms with Gasteiger partial charge in [0.2, 0.25) is 0 Å². The van der Waals surface area contributed by atoms with Gasteiger partial charge in [0.1, 0.15) is 18.0 Å². The molecule has 1 aromatic rings. The summed E-state index contributed by atoms with van der Waals surface area (Å²) in [6.07, 6.45) is -1.88. The summed E-state index contributed by atoms with van der Waals surface area (Å²) in [5.74, 6) is 0.458. The van der Waals surface area contributed by atoms with E-state index < -0.39 is 18.3 Å². The van der Waals surface area contributed by atoms with Crippen LogP contribution in [0.2, 0.25) is 0 Å². The maximum Gasteiger partial charge on any atom is 0.251 e. The van der Waals surface area contributed by atoms with Crippen LogP contribution in [0.4, 0.5) is 0 Å². The minimum Gasteiger partial charge on any atom is -0.497 e. The van der Waals surface area contributed by atoms with Gasteiger partial charge >= 0.3 is 0 Å². The molecule has 1 amide bonds. The second-order valence-electron chi connectivity index (χ2n) is 7.10. The first-order chi connectivity index (χ1) is 12.9. The Hall–Kier alpha value is -1.71. The van der Waals surface area contributed by atoms with E-state index >= 15 is 0 Å². The van der Waals surface area contributed by atoms with E-state index in [4.69, 9.17) is 9.47 Å². The van der Waals surface area contributed by atoms with Crippen molar-refractivity contribution in [2.75, 3.05) is 54.5 Å². The van der Waals surface area contributed by atoms with Crippen molar-refractivity contribution in [3.05, 3.63) is 29.8 Å². The van der Waals surface area contributed by atoms with Crippen LogP contribution in [0.3, 0.4) is 0 Å². The number of methoxy groups -OCH3 is 1. The fourth-order valence-electron chi connectivity index (χ4n) is 3.23. The number of nitrogens with one attached hydrogen (secondary N) is 1. The molecule has 4 atom stereocenters. The number of carbonyl (C=O) groups is 1. The molecule has 0 saturated carbocycles. The highest BCUT2D eigenvalue weighted by Crippen LogP contribution is 2.25. The van der Waals surface area contributed by atoms with Crippen molar-refractivity contribution in [3.63, 3.8) is 0 Å². The van der Waals surface area contributed by atoms with E-state index in [1.807, 2.05) is 26.0 Å². The molecule has 8 heteroatoms. The van der Waals surface area contributed by atoms with Crippen LogP contribution in [0.25, 0.3) is 0 Å². The first kappa shape index (κ1) is 21.6. The maximum atomic E-state index is 12.4. The Labute approximate surface area is 160 Å². The normalized spacial score (nSPS) is 25.2. The second kappa shape index (κ2) is 10.0. The van der Waals surface area contributed by atoms with Crippen LogP contribution in [0.15, 0.2) is 24.3 Å². The highest BCUT2D eigenvalue weighted by molar-refractivity contribution is 5.94. The third kappa shape index (κ3) is 5.63. The Kier molecular flexibility index (Phi) is 8.00. The molecule has 0 spiro atoms. The number of nitrogens with zero attached hydrogens (tertiary/aromatic N) is 2. The van der Waals surface area contributed by atoms with E-state index in [1.165, 1.54) is 0 Å². The predicted octanol–water partition coefficient (Wildman–Crippen LogP) is -0.592. The first-order valence-corrected chi connectivity index (χ1v) is 9.09. The van der Waals surface area contributed by atoms with E-state index in [0.717, 1.165) is 13.1 Å². The van der Waals surface area contributed by atoms with Crippen molar-refractivity contribution < 1.29 is 24.5 Å². The number of carbonyl (C=O) groups excluding carboxylic acids is 1. The Morgan fingerprint density at radius 2 is 1.85 bits per heavy atom.